The Balaban J connectivity index is 1.66. The van der Waals surface area contributed by atoms with Crippen molar-refractivity contribution in [2.24, 2.45) is 5.10 Å². The summed E-state index contributed by atoms with van der Waals surface area (Å²) < 4.78 is 10.9. The van der Waals surface area contributed by atoms with Crippen LogP contribution in [0.2, 0.25) is 0 Å². The molecule has 0 aliphatic heterocycles. The van der Waals surface area contributed by atoms with Crippen LogP contribution in [0, 0.1) is 20.2 Å². The monoisotopic (exact) mass is 452 g/mol. The Bertz CT molecular complexity index is 1190. The number of nitrogens with one attached hydrogen (secondary N) is 1. The second-order valence-electron chi connectivity index (χ2n) is 6.85. The van der Waals surface area contributed by atoms with Crippen molar-refractivity contribution in [2.45, 2.75) is 19.8 Å². The zero-order valence-corrected chi connectivity index (χ0v) is 17.6. The summed E-state index contributed by atoms with van der Waals surface area (Å²) in [5.74, 6) is 0.516. The molecule has 11 nitrogen and oxygen atoms in total. The minimum absolute atomic E-state index is 0.00459. The average Bonchev–Trinajstić information content (AvgIpc) is 3.28. The molecular weight excluding hydrogens is 432 g/mol. The quantitative estimate of drug-likeness (QED) is 0.146. The topological polar surface area (TPSA) is 150 Å². The lowest BCUT2D eigenvalue weighted by Crippen LogP contribution is -2.05. The number of hydrogen-bond acceptors (Lipinski definition) is 9. The molecule has 0 radical (unpaired) electrons. The van der Waals surface area contributed by atoms with E-state index in [9.17, 15) is 25.0 Å². The lowest BCUT2D eigenvalue weighted by Gasteiger charge is -2.04. The summed E-state index contributed by atoms with van der Waals surface area (Å²) in [6, 6.07) is 13.3. The minimum Gasteiger partial charge on any atom is -0.462 e. The standard InChI is InChI=1S/C22H20N4O7/c1-2-3-12-32-22(27)16-6-4-15(5-7-16)21-11-9-18(33-21)14-23-24-19-10-8-17(25(28)29)13-20(19)26(30)31/h4-11,13-14,24H,2-3,12H2,1H3/b23-14-. The molecule has 0 spiro atoms. The number of nitro benzene ring substituents is 2. The lowest BCUT2D eigenvalue weighted by atomic mass is 10.1. The van der Waals surface area contributed by atoms with E-state index in [1.165, 1.54) is 12.3 Å². The van der Waals surface area contributed by atoms with Gasteiger partial charge in [-0.15, -0.1) is 0 Å². The van der Waals surface area contributed by atoms with E-state index in [1.807, 2.05) is 6.92 Å². The van der Waals surface area contributed by atoms with Gasteiger partial charge in [-0.2, -0.15) is 5.10 Å². The van der Waals surface area contributed by atoms with Gasteiger partial charge in [0.1, 0.15) is 17.2 Å². The Labute approximate surface area is 188 Å². The lowest BCUT2D eigenvalue weighted by molar-refractivity contribution is -0.393. The summed E-state index contributed by atoms with van der Waals surface area (Å²) in [4.78, 5) is 32.5. The van der Waals surface area contributed by atoms with Gasteiger partial charge in [-0.05, 0) is 36.8 Å². The van der Waals surface area contributed by atoms with Gasteiger partial charge in [0.05, 0.1) is 34.3 Å². The van der Waals surface area contributed by atoms with Crippen LogP contribution in [0.15, 0.2) is 64.1 Å². The van der Waals surface area contributed by atoms with Gasteiger partial charge in [-0.3, -0.25) is 25.7 Å². The summed E-state index contributed by atoms with van der Waals surface area (Å²) in [5, 5.41) is 25.9. The van der Waals surface area contributed by atoms with Crippen LogP contribution >= 0.6 is 0 Å². The van der Waals surface area contributed by atoms with Gasteiger partial charge in [0.15, 0.2) is 0 Å². The Hall–Kier alpha value is -4.54. The second kappa shape index (κ2) is 10.7. The number of esters is 1. The highest BCUT2D eigenvalue weighted by Crippen LogP contribution is 2.29. The Morgan fingerprint density at radius 2 is 1.85 bits per heavy atom. The maximum Gasteiger partial charge on any atom is 0.338 e. The van der Waals surface area contributed by atoms with Crippen LogP contribution in [0.1, 0.15) is 35.9 Å². The van der Waals surface area contributed by atoms with Crippen molar-refractivity contribution in [3.8, 4) is 11.3 Å². The minimum atomic E-state index is -0.737. The van der Waals surface area contributed by atoms with E-state index in [-0.39, 0.29) is 11.7 Å². The average molecular weight is 452 g/mol. The molecule has 0 atom stereocenters. The summed E-state index contributed by atoms with van der Waals surface area (Å²) >= 11 is 0. The molecule has 1 N–H and O–H groups in total. The number of furan rings is 1. The second-order valence-corrected chi connectivity index (χ2v) is 6.85. The summed E-state index contributed by atoms with van der Waals surface area (Å²) in [5.41, 5.74) is 2.79. The fraction of sp³-hybridized carbons (Fsp3) is 0.182. The molecule has 3 rings (SSSR count). The van der Waals surface area contributed by atoms with Crippen LogP contribution in [-0.4, -0.2) is 28.6 Å². The Morgan fingerprint density at radius 1 is 1.09 bits per heavy atom. The van der Waals surface area contributed by atoms with Crippen molar-refractivity contribution in [2.75, 3.05) is 12.0 Å². The molecule has 11 heteroatoms. The van der Waals surface area contributed by atoms with Gasteiger partial charge in [0, 0.05) is 11.6 Å². The summed E-state index contributed by atoms with van der Waals surface area (Å²) in [6.07, 6.45) is 3.07. The van der Waals surface area contributed by atoms with Gasteiger partial charge in [0.25, 0.3) is 5.69 Å². The van der Waals surface area contributed by atoms with Crippen LogP contribution in [-0.2, 0) is 4.74 Å². The number of non-ortho nitro benzene ring substituents is 1. The number of carbonyl (C=O) groups is 1. The highest BCUT2D eigenvalue weighted by Gasteiger charge is 2.19. The Kier molecular flexibility index (Phi) is 7.47. The number of anilines is 1. The van der Waals surface area contributed by atoms with Crippen LogP contribution in [0.4, 0.5) is 17.1 Å². The summed E-state index contributed by atoms with van der Waals surface area (Å²) in [6.45, 7) is 2.40. The maximum atomic E-state index is 12.0. The highest BCUT2D eigenvalue weighted by atomic mass is 16.6. The molecule has 0 saturated carbocycles. The van der Waals surface area contributed by atoms with Crippen LogP contribution < -0.4 is 5.43 Å². The van der Waals surface area contributed by atoms with Gasteiger partial charge in [0.2, 0.25) is 0 Å². The first-order valence-corrected chi connectivity index (χ1v) is 9.98. The van der Waals surface area contributed by atoms with Crippen molar-refractivity contribution >= 4 is 29.2 Å². The number of hydrogen-bond donors (Lipinski definition) is 1. The van der Waals surface area contributed by atoms with Crippen LogP contribution in [0.5, 0.6) is 0 Å². The van der Waals surface area contributed by atoms with E-state index in [0.29, 0.717) is 23.7 Å². The van der Waals surface area contributed by atoms with E-state index in [0.717, 1.165) is 30.5 Å². The first kappa shape index (κ1) is 23.1. The van der Waals surface area contributed by atoms with Crippen molar-refractivity contribution in [3.05, 3.63) is 86.1 Å². The first-order valence-electron chi connectivity index (χ1n) is 9.98. The number of carbonyl (C=O) groups excluding carboxylic acids is 1. The smallest absolute Gasteiger partial charge is 0.338 e. The van der Waals surface area contributed by atoms with E-state index in [4.69, 9.17) is 9.15 Å². The number of rotatable bonds is 10. The first-order chi connectivity index (χ1) is 15.9. The molecule has 0 unspecified atom stereocenters. The SMILES string of the molecule is CCCCOC(=O)c1ccc(-c2ccc(/C=N\Nc3ccc([N+](=O)[O-])cc3[N+](=O)[O-])o2)cc1. The fourth-order valence-corrected chi connectivity index (χ4v) is 2.79. The van der Waals surface area contributed by atoms with E-state index in [1.54, 1.807) is 36.4 Å². The van der Waals surface area contributed by atoms with Crippen molar-refractivity contribution in [1.29, 1.82) is 0 Å². The number of nitro groups is 2. The van der Waals surface area contributed by atoms with E-state index in [2.05, 4.69) is 10.5 Å². The zero-order chi connectivity index (χ0) is 23.8. The molecule has 33 heavy (non-hydrogen) atoms. The molecule has 0 aliphatic rings. The highest BCUT2D eigenvalue weighted by molar-refractivity contribution is 5.90. The summed E-state index contributed by atoms with van der Waals surface area (Å²) in [7, 11) is 0. The molecule has 0 amide bonds. The third-order valence-electron chi connectivity index (χ3n) is 4.53. The largest absolute Gasteiger partial charge is 0.462 e. The predicted molar refractivity (Wildman–Crippen MR) is 120 cm³/mol. The zero-order valence-electron chi connectivity index (χ0n) is 17.6. The molecule has 1 heterocycles. The molecule has 0 bridgehead atoms. The van der Waals surface area contributed by atoms with Crippen molar-refractivity contribution in [1.82, 2.24) is 0 Å². The van der Waals surface area contributed by atoms with Crippen molar-refractivity contribution in [3.63, 3.8) is 0 Å². The maximum absolute atomic E-state index is 12.0. The number of hydrazone groups is 1. The fourth-order valence-electron chi connectivity index (χ4n) is 2.79. The predicted octanol–water partition coefficient (Wildman–Crippen LogP) is 5.17. The van der Waals surface area contributed by atoms with Gasteiger partial charge in [-0.1, -0.05) is 25.5 Å². The molecule has 1 aromatic heterocycles. The molecule has 0 aliphatic carbocycles. The number of benzene rings is 2. The third-order valence-corrected chi connectivity index (χ3v) is 4.53. The number of unbranched alkanes of at least 4 members (excludes halogenated alkanes) is 1. The van der Waals surface area contributed by atoms with E-state index < -0.39 is 21.2 Å². The van der Waals surface area contributed by atoms with Crippen LogP contribution in [0.25, 0.3) is 11.3 Å². The Morgan fingerprint density at radius 3 is 2.52 bits per heavy atom. The molecular formula is C22H20N4O7. The van der Waals surface area contributed by atoms with Crippen molar-refractivity contribution < 1.29 is 23.8 Å². The van der Waals surface area contributed by atoms with Gasteiger partial charge >= 0.3 is 11.7 Å². The normalized spacial score (nSPS) is 10.8. The van der Waals surface area contributed by atoms with Gasteiger partial charge in [-0.25, -0.2) is 4.79 Å². The van der Waals surface area contributed by atoms with Gasteiger partial charge < -0.3 is 9.15 Å². The molecule has 0 fully saturated rings. The number of nitrogens with zero attached hydrogens (tertiary/aromatic N) is 3. The molecule has 2 aromatic carbocycles. The third kappa shape index (κ3) is 6.00. The molecule has 0 saturated heterocycles. The van der Waals surface area contributed by atoms with Crippen LogP contribution in [0.3, 0.4) is 0 Å². The number of ether oxygens (including phenoxy) is 1. The molecule has 3 aromatic rings. The molecule has 170 valence electrons. The van der Waals surface area contributed by atoms with E-state index >= 15 is 0 Å².